The van der Waals surface area contributed by atoms with Gasteiger partial charge in [0.2, 0.25) is 0 Å². The number of nitrogens with zero attached hydrogens (tertiary/aromatic N) is 2. The van der Waals surface area contributed by atoms with Gasteiger partial charge in [0.15, 0.2) is 0 Å². The Balaban J connectivity index is 1.43. The molecule has 5 rings (SSSR count). The maximum atomic E-state index is 12.9. The molecule has 0 radical (unpaired) electrons. The average molecular weight is 450 g/mol. The fourth-order valence-electron chi connectivity index (χ4n) is 3.89. The molecular weight excluding hydrogens is 426 g/mol. The first-order valence-electron chi connectivity index (χ1n) is 10.8. The minimum absolute atomic E-state index is 0.149. The summed E-state index contributed by atoms with van der Waals surface area (Å²) in [6.07, 6.45) is 3.99. The molecule has 0 atom stereocenters. The van der Waals surface area contributed by atoms with Crippen molar-refractivity contribution >= 4 is 45.0 Å². The van der Waals surface area contributed by atoms with Crippen molar-refractivity contribution in [2.75, 3.05) is 5.32 Å². The molecule has 4 nitrogen and oxygen atoms in total. The number of para-hydroxylation sites is 2. The number of benzene rings is 3. The van der Waals surface area contributed by atoms with Gasteiger partial charge >= 0.3 is 0 Å². The maximum absolute atomic E-state index is 12.9. The van der Waals surface area contributed by atoms with Gasteiger partial charge in [-0.05, 0) is 41.6 Å². The molecule has 1 amide bonds. The largest absolute Gasteiger partial charge is 0.342 e. The molecule has 0 fully saturated rings. The van der Waals surface area contributed by atoms with Gasteiger partial charge in [0, 0.05) is 41.1 Å². The van der Waals surface area contributed by atoms with Crippen LogP contribution in [0.1, 0.15) is 27.0 Å². The highest BCUT2D eigenvalue weighted by Gasteiger charge is 2.14. The lowest BCUT2D eigenvalue weighted by Gasteiger charge is -2.07. The number of aromatic nitrogens is 1. The predicted octanol–water partition coefficient (Wildman–Crippen LogP) is 7.06. The van der Waals surface area contributed by atoms with Gasteiger partial charge in [-0.15, -0.1) is 11.3 Å². The van der Waals surface area contributed by atoms with Gasteiger partial charge < -0.3 is 9.88 Å². The van der Waals surface area contributed by atoms with E-state index in [1.165, 1.54) is 16.9 Å². The molecule has 2 heterocycles. The molecule has 0 spiro atoms. The number of amides is 1. The zero-order chi connectivity index (χ0) is 22.6. The second-order valence-corrected chi connectivity index (χ2v) is 8.78. The minimum Gasteiger partial charge on any atom is -0.342 e. The molecule has 0 saturated carbocycles. The van der Waals surface area contributed by atoms with Crippen LogP contribution in [0.15, 0.2) is 101 Å². The molecule has 5 aromatic rings. The molecule has 1 N–H and O–H groups in total. The summed E-state index contributed by atoms with van der Waals surface area (Å²) in [5.41, 5.74) is 5.85. The molecule has 0 aliphatic carbocycles. The van der Waals surface area contributed by atoms with Crippen molar-refractivity contribution in [3.8, 4) is 0 Å². The summed E-state index contributed by atoms with van der Waals surface area (Å²) in [5, 5.41) is 6.74. The smallest absolute Gasteiger partial charge is 0.258 e. The van der Waals surface area contributed by atoms with Crippen molar-refractivity contribution in [1.82, 2.24) is 4.57 Å². The van der Waals surface area contributed by atoms with Gasteiger partial charge in [0.1, 0.15) is 5.00 Å². The summed E-state index contributed by atoms with van der Waals surface area (Å²) in [6, 6.07) is 28.3. The highest BCUT2D eigenvalue weighted by atomic mass is 32.1. The molecule has 162 valence electrons. The lowest BCUT2D eigenvalue weighted by atomic mass is 10.2. The number of aryl methyl sites for hydroxylation is 1. The number of rotatable bonds is 6. The second kappa shape index (κ2) is 9.27. The Kier molecular flexibility index (Phi) is 5.87. The van der Waals surface area contributed by atoms with Gasteiger partial charge in [-0.25, -0.2) is 4.99 Å². The van der Waals surface area contributed by atoms with E-state index in [-0.39, 0.29) is 5.91 Å². The number of hydrogen-bond donors (Lipinski definition) is 1. The van der Waals surface area contributed by atoms with Gasteiger partial charge in [-0.1, -0.05) is 66.7 Å². The summed E-state index contributed by atoms with van der Waals surface area (Å²) in [5.74, 6) is -0.149. The number of carbonyl (C=O) groups excluding carboxylic acids is 1. The van der Waals surface area contributed by atoms with Crippen LogP contribution in [0.25, 0.3) is 10.9 Å². The van der Waals surface area contributed by atoms with Gasteiger partial charge in [-0.3, -0.25) is 4.79 Å². The van der Waals surface area contributed by atoms with Gasteiger partial charge in [0.25, 0.3) is 5.91 Å². The first-order valence-corrected chi connectivity index (χ1v) is 11.7. The number of aliphatic imine (C=N–C) groups is 1. The van der Waals surface area contributed by atoms with E-state index in [9.17, 15) is 4.79 Å². The first kappa shape index (κ1) is 20.9. The Morgan fingerprint density at radius 3 is 2.58 bits per heavy atom. The summed E-state index contributed by atoms with van der Waals surface area (Å²) < 4.78 is 2.24. The third-order valence-corrected chi connectivity index (χ3v) is 6.44. The summed E-state index contributed by atoms with van der Waals surface area (Å²) in [7, 11) is 0. The molecule has 0 aliphatic heterocycles. The average Bonchev–Trinajstić information content (AvgIpc) is 3.45. The zero-order valence-electron chi connectivity index (χ0n) is 18.2. The van der Waals surface area contributed by atoms with Crippen LogP contribution < -0.4 is 5.32 Å². The monoisotopic (exact) mass is 449 g/mol. The Labute approximate surface area is 196 Å². The Bertz CT molecular complexity index is 1450. The lowest BCUT2D eigenvalue weighted by molar-refractivity contribution is 0.102. The number of nitrogens with one attached hydrogen (secondary N) is 1. The molecule has 0 aliphatic rings. The first-order chi connectivity index (χ1) is 16.2. The van der Waals surface area contributed by atoms with Crippen LogP contribution in [0.3, 0.4) is 0 Å². The van der Waals surface area contributed by atoms with Crippen molar-refractivity contribution < 1.29 is 4.79 Å². The molecule has 0 saturated heterocycles. The molecule has 2 aromatic heterocycles. The van der Waals surface area contributed by atoms with E-state index in [0.717, 1.165) is 34.3 Å². The highest BCUT2D eigenvalue weighted by Crippen LogP contribution is 2.29. The van der Waals surface area contributed by atoms with E-state index in [1.807, 2.05) is 61.0 Å². The number of hydrogen-bond acceptors (Lipinski definition) is 3. The van der Waals surface area contributed by atoms with E-state index < -0.39 is 0 Å². The third-order valence-electron chi connectivity index (χ3n) is 5.62. The molecule has 0 bridgehead atoms. The topological polar surface area (TPSA) is 46.4 Å². The van der Waals surface area contributed by atoms with E-state index >= 15 is 0 Å². The van der Waals surface area contributed by atoms with Crippen molar-refractivity contribution in [2.45, 2.75) is 13.5 Å². The quantitative estimate of drug-likeness (QED) is 0.277. The zero-order valence-corrected chi connectivity index (χ0v) is 19.0. The van der Waals surface area contributed by atoms with Crippen LogP contribution in [0.5, 0.6) is 0 Å². The van der Waals surface area contributed by atoms with Crippen LogP contribution >= 0.6 is 11.3 Å². The molecule has 0 unspecified atom stereocenters. The fraction of sp³-hybridized carbons (Fsp3) is 0.0714. The van der Waals surface area contributed by atoms with Crippen LogP contribution in [0.2, 0.25) is 0 Å². The molecule has 5 heteroatoms. The van der Waals surface area contributed by atoms with E-state index in [0.29, 0.717) is 10.6 Å². The van der Waals surface area contributed by atoms with Crippen molar-refractivity contribution in [1.29, 1.82) is 0 Å². The van der Waals surface area contributed by atoms with Crippen molar-refractivity contribution in [2.24, 2.45) is 4.99 Å². The maximum Gasteiger partial charge on any atom is 0.258 e. The van der Waals surface area contributed by atoms with Crippen molar-refractivity contribution in [3.63, 3.8) is 0 Å². The van der Waals surface area contributed by atoms with Crippen LogP contribution in [0, 0.1) is 6.92 Å². The SMILES string of the molecule is Cc1ccccc1NC(=O)c1ccsc1N=Cc1cn(Cc2ccccc2)c2ccccc12. The van der Waals surface area contributed by atoms with Crippen LogP contribution in [-0.4, -0.2) is 16.7 Å². The summed E-state index contributed by atoms with van der Waals surface area (Å²) in [4.78, 5) is 17.6. The van der Waals surface area contributed by atoms with E-state index in [1.54, 1.807) is 0 Å². The normalized spacial score (nSPS) is 11.3. The lowest BCUT2D eigenvalue weighted by Crippen LogP contribution is -2.11. The van der Waals surface area contributed by atoms with Gasteiger partial charge in [0.05, 0.1) is 5.56 Å². The standard InChI is InChI=1S/C28H23N3OS/c1-20-9-5-7-13-25(20)30-27(32)24-15-16-33-28(24)29-17-22-19-31(18-21-10-3-2-4-11-21)26-14-8-6-12-23(22)26/h2-17,19H,18H2,1H3,(H,30,32). The molecule has 3 aromatic carbocycles. The van der Waals surface area contributed by atoms with E-state index in [4.69, 9.17) is 4.99 Å². The second-order valence-electron chi connectivity index (χ2n) is 7.88. The predicted molar refractivity (Wildman–Crippen MR) is 138 cm³/mol. The highest BCUT2D eigenvalue weighted by molar-refractivity contribution is 7.14. The van der Waals surface area contributed by atoms with Gasteiger partial charge in [-0.2, -0.15) is 0 Å². The number of fused-ring (bicyclic) bond motifs is 1. The number of thiophene rings is 1. The molecular formula is C28H23N3OS. The van der Waals surface area contributed by atoms with Crippen molar-refractivity contribution in [3.05, 3.63) is 119 Å². The van der Waals surface area contributed by atoms with Crippen LogP contribution in [0.4, 0.5) is 10.7 Å². The van der Waals surface area contributed by atoms with Crippen LogP contribution in [-0.2, 0) is 6.54 Å². The number of carbonyl (C=O) groups is 1. The Hall–Kier alpha value is -3.96. The third kappa shape index (κ3) is 4.49. The Morgan fingerprint density at radius 1 is 0.970 bits per heavy atom. The fourth-order valence-corrected chi connectivity index (χ4v) is 4.63. The summed E-state index contributed by atoms with van der Waals surface area (Å²) in [6.45, 7) is 2.77. The Morgan fingerprint density at radius 2 is 1.73 bits per heavy atom. The summed E-state index contributed by atoms with van der Waals surface area (Å²) >= 11 is 1.46. The number of anilines is 1. The van der Waals surface area contributed by atoms with E-state index in [2.05, 4.69) is 58.5 Å². The minimum atomic E-state index is -0.149. The molecule has 33 heavy (non-hydrogen) atoms.